The average Bonchev–Trinajstić information content (AvgIpc) is 2.27. The van der Waals surface area contributed by atoms with Gasteiger partial charge < -0.3 is 11.1 Å². The Hall–Kier alpha value is -1.04. The number of hydrogen-bond donors (Lipinski definition) is 2. The third-order valence-electron chi connectivity index (χ3n) is 2.03. The van der Waals surface area contributed by atoms with Gasteiger partial charge in [-0.05, 0) is 24.1 Å². The lowest BCUT2D eigenvalue weighted by Gasteiger charge is -2.05. The summed E-state index contributed by atoms with van der Waals surface area (Å²) >= 11 is 0. The van der Waals surface area contributed by atoms with Crippen molar-refractivity contribution in [2.75, 3.05) is 11.9 Å². The SMILES string of the molecule is C=CCN=C(N)Nc1ccc(CC)cc1.I. The molecule has 88 valence electrons. The van der Waals surface area contributed by atoms with Crippen LogP contribution in [0.4, 0.5) is 5.69 Å². The van der Waals surface area contributed by atoms with Gasteiger partial charge in [0, 0.05) is 5.69 Å². The van der Waals surface area contributed by atoms with Crippen molar-refractivity contribution in [1.82, 2.24) is 0 Å². The highest BCUT2D eigenvalue weighted by atomic mass is 127. The molecule has 0 aliphatic heterocycles. The Bertz CT molecular complexity index is 344. The molecule has 0 atom stereocenters. The second-order valence-electron chi connectivity index (χ2n) is 3.19. The number of hydrogen-bond acceptors (Lipinski definition) is 1. The van der Waals surface area contributed by atoms with E-state index in [1.807, 2.05) is 12.1 Å². The minimum absolute atomic E-state index is 0. The van der Waals surface area contributed by atoms with Crippen LogP contribution in [0.15, 0.2) is 41.9 Å². The van der Waals surface area contributed by atoms with E-state index >= 15 is 0 Å². The second kappa shape index (κ2) is 8.15. The number of nitrogens with two attached hydrogens (primary N) is 1. The number of benzene rings is 1. The van der Waals surface area contributed by atoms with Crippen LogP contribution in [-0.4, -0.2) is 12.5 Å². The van der Waals surface area contributed by atoms with Crippen LogP contribution in [0.5, 0.6) is 0 Å². The van der Waals surface area contributed by atoms with Gasteiger partial charge in [0.2, 0.25) is 0 Å². The van der Waals surface area contributed by atoms with Gasteiger partial charge >= 0.3 is 0 Å². The molecule has 4 heteroatoms. The number of anilines is 1. The predicted molar refractivity (Wildman–Crippen MR) is 81.5 cm³/mol. The van der Waals surface area contributed by atoms with Gasteiger partial charge in [0.25, 0.3) is 0 Å². The van der Waals surface area contributed by atoms with Crippen LogP contribution in [0.3, 0.4) is 0 Å². The third-order valence-corrected chi connectivity index (χ3v) is 2.03. The van der Waals surface area contributed by atoms with Crippen molar-refractivity contribution in [1.29, 1.82) is 0 Å². The van der Waals surface area contributed by atoms with E-state index in [0.717, 1.165) is 12.1 Å². The van der Waals surface area contributed by atoms with Crippen molar-refractivity contribution < 1.29 is 0 Å². The minimum Gasteiger partial charge on any atom is -0.370 e. The molecule has 1 aromatic carbocycles. The molecule has 3 N–H and O–H groups in total. The van der Waals surface area contributed by atoms with Gasteiger partial charge in [0.05, 0.1) is 6.54 Å². The Morgan fingerprint density at radius 2 is 2.06 bits per heavy atom. The van der Waals surface area contributed by atoms with E-state index in [9.17, 15) is 0 Å². The zero-order valence-electron chi connectivity index (χ0n) is 9.44. The molecule has 0 aliphatic carbocycles. The standard InChI is InChI=1S/C12H17N3.HI/c1-3-9-14-12(13)15-11-7-5-10(4-2)6-8-11;/h3,5-8H,1,4,9H2,2H3,(H3,13,14,15);1H. The van der Waals surface area contributed by atoms with Crippen LogP contribution in [0.2, 0.25) is 0 Å². The van der Waals surface area contributed by atoms with Crippen molar-refractivity contribution >= 4 is 35.6 Å². The first-order valence-corrected chi connectivity index (χ1v) is 5.03. The lowest BCUT2D eigenvalue weighted by atomic mass is 10.1. The molecule has 0 saturated carbocycles. The van der Waals surface area contributed by atoms with E-state index in [4.69, 9.17) is 5.73 Å². The van der Waals surface area contributed by atoms with Gasteiger partial charge in [0.1, 0.15) is 0 Å². The first-order valence-electron chi connectivity index (χ1n) is 5.03. The summed E-state index contributed by atoms with van der Waals surface area (Å²) < 4.78 is 0. The molecule has 0 bridgehead atoms. The highest BCUT2D eigenvalue weighted by molar-refractivity contribution is 14.0. The normalized spacial score (nSPS) is 10.4. The summed E-state index contributed by atoms with van der Waals surface area (Å²) in [6.07, 6.45) is 2.75. The molecule has 1 rings (SSSR count). The average molecular weight is 331 g/mol. The van der Waals surface area contributed by atoms with Gasteiger partial charge in [-0.1, -0.05) is 25.1 Å². The fraction of sp³-hybridized carbons (Fsp3) is 0.250. The zero-order chi connectivity index (χ0) is 11.1. The number of rotatable bonds is 4. The molecule has 0 aliphatic rings. The fourth-order valence-electron chi connectivity index (χ4n) is 1.17. The maximum Gasteiger partial charge on any atom is 0.193 e. The topological polar surface area (TPSA) is 50.4 Å². The lowest BCUT2D eigenvalue weighted by Crippen LogP contribution is -2.22. The van der Waals surface area contributed by atoms with E-state index in [1.165, 1.54) is 5.56 Å². The van der Waals surface area contributed by atoms with Crippen LogP contribution in [0.1, 0.15) is 12.5 Å². The largest absolute Gasteiger partial charge is 0.370 e. The van der Waals surface area contributed by atoms with Crippen LogP contribution in [0, 0.1) is 0 Å². The van der Waals surface area contributed by atoms with Crippen molar-refractivity contribution in [3.05, 3.63) is 42.5 Å². The van der Waals surface area contributed by atoms with E-state index in [-0.39, 0.29) is 24.0 Å². The zero-order valence-corrected chi connectivity index (χ0v) is 11.8. The fourth-order valence-corrected chi connectivity index (χ4v) is 1.17. The summed E-state index contributed by atoms with van der Waals surface area (Å²) in [5.41, 5.74) is 7.92. The number of aliphatic imine (C=N–C) groups is 1. The van der Waals surface area contributed by atoms with Crippen molar-refractivity contribution in [2.45, 2.75) is 13.3 Å². The van der Waals surface area contributed by atoms with E-state index < -0.39 is 0 Å². The van der Waals surface area contributed by atoms with Gasteiger partial charge in [-0.25, -0.2) is 4.99 Å². The molecular formula is C12H18IN3. The summed E-state index contributed by atoms with van der Waals surface area (Å²) in [5, 5.41) is 3.01. The Morgan fingerprint density at radius 1 is 1.44 bits per heavy atom. The number of halogens is 1. The Kier molecular flexibility index (Phi) is 7.62. The maximum absolute atomic E-state index is 5.65. The molecule has 0 fully saturated rings. The van der Waals surface area contributed by atoms with Gasteiger partial charge in [-0.15, -0.1) is 30.6 Å². The molecule has 0 saturated heterocycles. The number of nitrogens with zero attached hydrogens (tertiary/aromatic N) is 1. The van der Waals surface area contributed by atoms with Gasteiger partial charge in [-0.2, -0.15) is 0 Å². The minimum atomic E-state index is 0. The molecule has 0 aromatic heterocycles. The smallest absolute Gasteiger partial charge is 0.193 e. The van der Waals surface area contributed by atoms with Crippen molar-refractivity contribution in [2.24, 2.45) is 10.7 Å². The molecule has 0 heterocycles. The monoisotopic (exact) mass is 331 g/mol. The van der Waals surface area contributed by atoms with E-state index in [1.54, 1.807) is 6.08 Å². The molecule has 1 aromatic rings. The highest BCUT2D eigenvalue weighted by Crippen LogP contribution is 2.09. The predicted octanol–water partition coefficient (Wildman–Crippen LogP) is 2.78. The lowest BCUT2D eigenvalue weighted by molar-refractivity contribution is 1.14. The Morgan fingerprint density at radius 3 is 2.56 bits per heavy atom. The molecule has 16 heavy (non-hydrogen) atoms. The summed E-state index contributed by atoms with van der Waals surface area (Å²) in [5.74, 6) is 0.416. The molecule has 3 nitrogen and oxygen atoms in total. The van der Waals surface area contributed by atoms with Crippen molar-refractivity contribution in [3.63, 3.8) is 0 Å². The van der Waals surface area contributed by atoms with Crippen LogP contribution < -0.4 is 11.1 Å². The second-order valence-corrected chi connectivity index (χ2v) is 3.19. The first-order chi connectivity index (χ1) is 7.26. The van der Waals surface area contributed by atoms with E-state index in [0.29, 0.717) is 12.5 Å². The summed E-state index contributed by atoms with van der Waals surface area (Å²) in [7, 11) is 0. The Labute approximate surface area is 114 Å². The highest BCUT2D eigenvalue weighted by Gasteiger charge is 1.94. The van der Waals surface area contributed by atoms with E-state index in [2.05, 4.69) is 35.9 Å². The van der Waals surface area contributed by atoms with Crippen LogP contribution in [-0.2, 0) is 6.42 Å². The third kappa shape index (κ3) is 5.16. The molecular weight excluding hydrogens is 313 g/mol. The molecule has 0 amide bonds. The quantitative estimate of drug-likeness (QED) is 0.386. The number of aryl methyl sites for hydroxylation is 1. The maximum atomic E-state index is 5.65. The molecule has 0 spiro atoms. The summed E-state index contributed by atoms with van der Waals surface area (Å²) in [6, 6.07) is 8.14. The number of guanidine groups is 1. The Balaban J connectivity index is 0.00000225. The summed E-state index contributed by atoms with van der Waals surface area (Å²) in [6.45, 7) is 6.23. The number of nitrogens with one attached hydrogen (secondary N) is 1. The van der Waals surface area contributed by atoms with Crippen LogP contribution >= 0.6 is 24.0 Å². The van der Waals surface area contributed by atoms with Crippen LogP contribution in [0.25, 0.3) is 0 Å². The van der Waals surface area contributed by atoms with Gasteiger partial charge in [0.15, 0.2) is 5.96 Å². The van der Waals surface area contributed by atoms with Gasteiger partial charge in [-0.3, -0.25) is 0 Å². The molecule has 0 radical (unpaired) electrons. The first kappa shape index (κ1) is 15.0. The molecule has 0 unspecified atom stereocenters. The van der Waals surface area contributed by atoms with Crippen molar-refractivity contribution in [3.8, 4) is 0 Å². The summed E-state index contributed by atoms with van der Waals surface area (Å²) in [4.78, 5) is 4.05.